The summed E-state index contributed by atoms with van der Waals surface area (Å²) in [5, 5.41) is 2.70. The van der Waals surface area contributed by atoms with E-state index < -0.39 is 0 Å². The Morgan fingerprint density at radius 1 is 1.24 bits per heavy atom. The number of hydrogen-bond donors (Lipinski definition) is 2. The Balaban J connectivity index is 2.48. The van der Waals surface area contributed by atoms with Gasteiger partial charge in [-0.15, -0.1) is 0 Å². The van der Waals surface area contributed by atoms with Crippen LogP contribution in [0.1, 0.15) is 26.3 Å². The largest absolute Gasteiger partial charge is 0.352 e. The van der Waals surface area contributed by atoms with Crippen LogP contribution in [0.5, 0.6) is 0 Å². The number of benzene rings is 1. The summed E-state index contributed by atoms with van der Waals surface area (Å²) < 4.78 is 0. The van der Waals surface area contributed by atoms with Gasteiger partial charge in [0.15, 0.2) is 0 Å². The first-order valence-electron chi connectivity index (χ1n) is 6.03. The van der Waals surface area contributed by atoms with E-state index in [1.165, 1.54) is 0 Å². The lowest BCUT2D eigenvalue weighted by Gasteiger charge is -2.20. The molecule has 0 saturated carbocycles. The fourth-order valence-electron chi connectivity index (χ4n) is 1.42. The van der Waals surface area contributed by atoms with E-state index in [4.69, 9.17) is 0 Å². The van der Waals surface area contributed by atoms with Gasteiger partial charge >= 0.3 is 0 Å². The fraction of sp³-hybridized carbons (Fsp3) is 0.500. The molecule has 0 aromatic heterocycles. The van der Waals surface area contributed by atoms with Crippen LogP contribution in [0.3, 0.4) is 0 Å². The van der Waals surface area contributed by atoms with Gasteiger partial charge in [-0.3, -0.25) is 4.79 Å². The number of hydrogen-bond acceptors (Lipinski definition) is 2. The smallest absolute Gasteiger partial charge is 0.233 e. The summed E-state index contributed by atoms with van der Waals surface area (Å²) in [5.74, 6) is 0.453. The van der Waals surface area contributed by atoms with Crippen molar-refractivity contribution in [3.8, 4) is 0 Å². The highest BCUT2D eigenvalue weighted by Gasteiger charge is 2.17. The third-order valence-electron chi connectivity index (χ3n) is 2.94. The summed E-state index contributed by atoms with van der Waals surface area (Å²) in [6.45, 7) is 6.21. The van der Waals surface area contributed by atoms with Gasteiger partial charge in [0.25, 0.3) is 0 Å². The molecule has 94 valence electrons. The number of amides is 1. The molecule has 1 aromatic carbocycles. The third kappa shape index (κ3) is 4.82. The van der Waals surface area contributed by atoms with Gasteiger partial charge < -0.3 is 5.32 Å². The quantitative estimate of drug-likeness (QED) is 0.774. The summed E-state index contributed by atoms with van der Waals surface area (Å²) in [7, 11) is 0. The first kappa shape index (κ1) is 14.1. The Morgan fingerprint density at radius 3 is 2.35 bits per heavy atom. The van der Waals surface area contributed by atoms with Crippen LogP contribution in [-0.4, -0.2) is 17.2 Å². The lowest BCUT2D eigenvalue weighted by atomic mass is 10.1. The third-order valence-corrected chi connectivity index (χ3v) is 3.36. The van der Waals surface area contributed by atoms with Crippen LogP contribution >= 0.6 is 12.6 Å². The van der Waals surface area contributed by atoms with Crippen LogP contribution in [0.4, 0.5) is 0 Å². The van der Waals surface area contributed by atoms with Crippen molar-refractivity contribution in [2.75, 3.05) is 0 Å². The zero-order chi connectivity index (χ0) is 12.8. The van der Waals surface area contributed by atoms with Gasteiger partial charge in [0.2, 0.25) is 5.91 Å². The van der Waals surface area contributed by atoms with Crippen molar-refractivity contribution in [2.24, 2.45) is 5.92 Å². The second kappa shape index (κ2) is 6.70. The Morgan fingerprint density at radius 2 is 1.82 bits per heavy atom. The molecule has 3 heteroatoms. The molecule has 1 aromatic rings. The molecule has 0 radical (unpaired) electrons. The van der Waals surface area contributed by atoms with Crippen LogP contribution in [-0.2, 0) is 11.2 Å². The van der Waals surface area contributed by atoms with Gasteiger partial charge in [-0.1, -0.05) is 44.2 Å². The molecule has 0 aliphatic carbocycles. The van der Waals surface area contributed by atoms with Crippen molar-refractivity contribution >= 4 is 18.5 Å². The molecule has 17 heavy (non-hydrogen) atoms. The van der Waals surface area contributed by atoms with Crippen molar-refractivity contribution in [3.05, 3.63) is 35.9 Å². The number of nitrogens with one attached hydrogen (secondary N) is 1. The fourth-order valence-corrected chi connectivity index (χ4v) is 1.70. The van der Waals surface area contributed by atoms with Gasteiger partial charge in [-0.05, 0) is 24.8 Å². The first-order valence-corrected chi connectivity index (χ1v) is 6.54. The van der Waals surface area contributed by atoms with Crippen molar-refractivity contribution in [1.29, 1.82) is 0 Å². The van der Waals surface area contributed by atoms with Gasteiger partial charge in [0.05, 0.1) is 5.25 Å². The molecule has 0 aliphatic heterocycles. The van der Waals surface area contributed by atoms with E-state index in [-0.39, 0.29) is 17.2 Å². The maximum absolute atomic E-state index is 11.9. The molecule has 2 unspecified atom stereocenters. The maximum atomic E-state index is 11.9. The molecule has 2 atom stereocenters. The number of carbonyl (C=O) groups is 1. The average Bonchev–Trinajstić information content (AvgIpc) is 2.29. The van der Waals surface area contributed by atoms with E-state index >= 15 is 0 Å². The highest BCUT2D eigenvalue weighted by atomic mass is 32.1. The van der Waals surface area contributed by atoms with Gasteiger partial charge in [-0.25, -0.2) is 0 Å². The topological polar surface area (TPSA) is 29.1 Å². The van der Waals surface area contributed by atoms with Crippen LogP contribution in [0.25, 0.3) is 0 Å². The maximum Gasteiger partial charge on any atom is 0.233 e. The summed E-state index contributed by atoms with van der Waals surface area (Å²) in [6, 6.07) is 10.1. The predicted octanol–water partition coefficient (Wildman–Crippen LogP) is 2.69. The zero-order valence-corrected chi connectivity index (χ0v) is 11.6. The molecule has 2 nitrogen and oxygen atoms in total. The highest BCUT2D eigenvalue weighted by Crippen LogP contribution is 2.09. The molecule has 0 bridgehead atoms. The Labute approximate surface area is 109 Å². The number of rotatable bonds is 5. The lowest BCUT2D eigenvalue weighted by molar-refractivity contribution is -0.121. The SMILES string of the molecule is CC(C)C(C)NC(=O)C(S)Cc1ccccc1. The second-order valence-electron chi connectivity index (χ2n) is 4.75. The lowest BCUT2D eigenvalue weighted by Crippen LogP contribution is -2.41. The number of thiol groups is 1. The molecule has 1 rings (SSSR count). The molecule has 0 spiro atoms. The summed E-state index contributed by atoms with van der Waals surface area (Å²) >= 11 is 4.37. The monoisotopic (exact) mass is 251 g/mol. The summed E-state index contributed by atoms with van der Waals surface area (Å²) in [4.78, 5) is 11.9. The molecule has 1 amide bonds. The Hall–Kier alpha value is -0.960. The van der Waals surface area contributed by atoms with Gasteiger partial charge in [0.1, 0.15) is 0 Å². The van der Waals surface area contributed by atoms with Crippen LogP contribution in [0.15, 0.2) is 30.3 Å². The molecule has 0 saturated heterocycles. The van der Waals surface area contributed by atoms with E-state index in [0.717, 1.165) is 5.56 Å². The van der Waals surface area contributed by atoms with E-state index in [1.54, 1.807) is 0 Å². The normalized spacial score (nSPS) is 14.4. The molecule has 0 heterocycles. The van der Waals surface area contributed by atoms with Crippen molar-refractivity contribution < 1.29 is 4.79 Å². The Kier molecular flexibility index (Phi) is 5.56. The summed E-state index contributed by atoms with van der Waals surface area (Å²) in [6.07, 6.45) is 0.667. The average molecular weight is 251 g/mol. The van der Waals surface area contributed by atoms with Crippen molar-refractivity contribution in [2.45, 2.75) is 38.5 Å². The van der Waals surface area contributed by atoms with Crippen LogP contribution < -0.4 is 5.32 Å². The predicted molar refractivity (Wildman–Crippen MR) is 75.4 cm³/mol. The first-order chi connectivity index (χ1) is 8.00. The Bertz CT molecular complexity index is 350. The van der Waals surface area contributed by atoms with E-state index in [1.807, 2.05) is 37.3 Å². The van der Waals surface area contributed by atoms with Crippen molar-refractivity contribution in [3.63, 3.8) is 0 Å². The summed E-state index contributed by atoms with van der Waals surface area (Å²) in [5.41, 5.74) is 1.14. The van der Waals surface area contributed by atoms with Gasteiger partial charge in [-0.2, -0.15) is 12.6 Å². The molecular weight excluding hydrogens is 230 g/mol. The van der Waals surface area contributed by atoms with Crippen LogP contribution in [0.2, 0.25) is 0 Å². The molecular formula is C14H21NOS. The van der Waals surface area contributed by atoms with E-state index in [2.05, 4.69) is 31.8 Å². The van der Waals surface area contributed by atoms with Crippen molar-refractivity contribution in [1.82, 2.24) is 5.32 Å². The highest BCUT2D eigenvalue weighted by molar-refractivity contribution is 7.81. The second-order valence-corrected chi connectivity index (χ2v) is 5.37. The number of carbonyl (C=O) groups excluding carboxylic acids is 1. The van der Waals surface area contributed by atoms with E-state index in [0.29, 0.717) is 12.3 Å². The molecule has 0 fully saturated rings. The van der Waals surface area contributed by atoms with Gasteiger partial charge in [0, 0.05) is 6.04 Å². The minimum atomic E-state index is -0.279. The standard InChI is InChI=1S/C14H21NOS/c1-10(2)11(3)15-14(16)13(17)9-12-7-5-4-6-8-12/h4-8,10-11,13,17H,9H2,1-3H3,(H,15,16). The molecule has 1 N–H and O–H groups in total. The van der Waals surface area contributed by atoms with E-state index in [9.17, 15) is 4.79 Å². The minimum absolute atomic E-state index is 0.0124. The van der Waals surface area contributed by atoms with Crippen LogP contribution in [0, 0.1) is 5.92 Å². The minimum Gasteiger partial charge on any atom is -0.352 e. The molecule has 0 aliphatic rings. The zero-order valence-electron chi connectivity index (χ0n) is 10.7.